The highest BCUT2D eigenvalue weighted by atomic mass is 16.6. The minimum atomic E-state index is 0.0460. The summed E-state index contributed by atoms with van der Waals surface area (Å²) in [6.07, 6.45) is 10.3. The maximum absolute atomic E-state index is 10.3. The molecule has 4 unspecified atom stereocenters. The molecule has 0 aromatic heterocycles. The van der Waals surface area contributed by atoms with E-state index in [9.17, 15) is 4.79 Å². The number of aliphatic imine (C=N–C) groups is 1. The Labute approximate surface area is 126 Å². The molecule has 0 aromatic rings. The van der Waals surface area contributed by atoms with Gasteiger partial charge in [0, 0.05) is 6.61 Å². The summed E-state index contributed by atoms with van der Waals surface area (Å²) in [5.41, 5.74) is 0. The van der Waals surface area contributed by atoms with E-state index in [0.717, 1.165) is 19.4 Å². The maximum atomic E-state index is 10.3. The van der Waals surface area contributed by atoms with Crippen LogP contribution in [0.2, 0.25) is 0 Å². The molecule has 0 bridgehead atoms. The molecule has 1 aliphatic carbocycles. The fourth-order valence-corrected chi connectivity index (χ4v) is 3.93. The third-order valence-corrected chi connectivity index (χ3v) is 5.04. The van der Waals surface area contributed by atoms with Crippen molar-refractivity contribution in [3.8, 4) is 0 Å². The summed E-state index contributed by atoms with van der Waals surface area (Å²) in [4.78, 5) is 14.0. The summed E-state index contributed by atoms with van der Waals surface area (Å²) in [6.45, 7) is 1.92. The molecule has 2 saturated heterocycles. The molecule has 21 heavy (non-hydrogen) atoms. The predicted octanol–water partition coefficient (Wildman–Crippen LogP) is 2.23. The Kier molecular flexibility index (Phi) is 5.42. The molecule has 2 aliphatic heterocycles. The minimum absolute atomic E-state index is 0.0460. The Hall–Kier alpha value is -0.740. The molecule has 3 fully saturated rings. The fraction of sp³-hybridized carbons (Fsp3) is 0.938. The van der Waals surface area contributed by atoms with Crippen molar-refractivity contribution >= 4 is 6.08 Å². The summed E-state index contributed by atoms with van der Waals surface area (Å²) >= 11 is 0. The second-order valence-electron chi connectivity index (χ2n) is 6.37. The topological polar surface area (TPSA) is 57.1 Å². The van der Waals surface area contributed by atoms with Crippen LogP contribution in [0.15, 0.2) is 4.99 Å². The Bertz CT molecular complexity index is 376. The zero-order valence-corrected chi connectivity index (χ0v) is 12.5. The van der Waals surface area contributed by atoms with Crippen molar-refractivity contribution in [3.05, 3.63) is 0 Å². The number of carbonyl (C=O) groups excluding carboxylic acids is 1. The molecule has 0 radical (unpaired) electrons. The van der Waals surface area contributed by atoms with Gasteiger partial charge in [-0.2, -0.15) is 0 Å². The van der Waals surface area contributed by atoms with Gasteiger partial charge in [-0.15, -0.1) is 0 Å². The van der Waals surface area contributed by atoms with Crippen molar-refractivity contribution in [3.63, 3.8) is 0 Å². The standard InChI is InChI=1S/C16H25NO4/c18-11-17-8-6-13(12-4-2-1-3-5-12)21-15-10-20-14-7-9-19-16(14)15/h12-16H,1-10H2. The SMILES string of the molecule is O=C=NCCC(OC1COC2CCOC21)C1CCCCC1. The lowest BCUT2D eigenvalue weighted by Crippen LogP contribution is -2.37. The van der Waals surface area contributed by atoms with Crippen LogP contribution in [0.25, 0.3) is 0 Å². The van der Waals surface area contributed by atoms with Crippen LogP contribution in [0.5, 0.6) is 0 Å². The monoisotopic (exact) mass is 295 g/mol. The summed E-state index contributed by atoms with van der Waals surface area (Å²) in [6, 6.07) is 0. The van der Waals surface area contributed by atoms with E-state index in [-0.39, 0.29) is 24.4 Å². The van der Waals surface area contributed by atoms with Gasteiger partial charge in [-0.05, 0) is 31.6 Å². The highest BCUT2D eigenvalue weighted by Crippen LogP contribution is 2.34. The molecule has 0 aromatic carbocycles. The van der Waals surface area contributed by atoms with Crippen molar-refractivity contribution in [2.24, 2.45) is 10.9 Å². The first-order valence-electron chi connectivity index (χ1n) is 8.31. The average Bonchev–Trinajstić information content (AvgIpc) is 3.12. The van der Waals surface area contributed by atoms with Crippen molar-refractivity contribution in [2.45, 2.75) is 69.4 Å². The van der Waals surface area contributed by atoms with E-state index in [4.69, 9.17) is 14.2 Å². The van der Waals surface area contributed by atoms with E-state index < -0.39 is 0 Å². The normalized spacial score (nSPS) is 34.4. The van der Waals surface area contributed by atoms with Crippen LogP contribution in [0, 0.1) is 5.92 Å². The van der Waals surface area contributed by atoms with Gasteiger partial charge in [0.05, 0.1) is 25.4 Å². The molecule has 0 amide bonds. The number of hydrogen-bond donors (Lipinski definition) is 0. The first-order chi connectivity index (χ1) is 10.4. The van der Waals surface area contributed by atoms with Crippen molar-refractivity contribution in [1.82, 2.24) is 0 Å². The Balaban J connectivity index is 1.59. The van der Waals surface area contributed by atoms with Gasteiger partial charge in [0.25, 0.3) is 0 Å². The molecule has 5 heteroatoms. The van der Waals surface area contributed by atoms with E-state index in [2.05, 4.69) is 4.99 Å². The summed E-state index contributed by atoms with van der Waals surface area (Å²) in [5, 5.41) is 0. The molecule has 1 saturated carbocycles. The number of ether oxygens (including phenoxy) is 3. The Morgan fingerprint density at radius 1 is 1.19 bits per heavy atom. The second-order valence-corrected chi connectivity index (χ2v) is 6.37. The predicted molar refractivity (Wildman–Crippen MR) is 76.9 cm³/mol. The van der Waals surface area contributed by atoms with Crippen LogP contribution in [-0.4, -0.2) is 50.3 Å². The lowest BCUT2D eigenvalue weighted by molar-refractivity contribution is -0.0946. The van der Waals surface area contributed by atoms with Crippen molar-refractivity contribution < 1.29 is 19.0 Å². The van der Waals surface area contributed by atoms with Gasteiger partial charge in [-0.3, -0.25) is 0 Å². The zero-order chi connectivity index (χ0) is 14.5. The average molecular weight is 295 g/mol. The van der Waals surface area contributed by atoms with Crippen molar-refractivity contribution in [1.29, 1.82) is 0 Å². The summed E-state index contributed by atoms with van der Waals surface area (Å²) < 4.78 is 17.9. The first-order valence-corrected chi connectivity index (χ1v) is 8.31. The lowest BCUT2D eigenvalue weighted by atomic mass is 9.84. The molecule has 118 valence electrons. The Morgan fingerprint density at radius 3 is 2.86 bits per heavy atom. The molecule has 4 atom stereocenters. The number of nitrogens with zero attached hydrogens (tertiary/aromatic N) is 1. The zero-order valence-electron chi connectivity index (χ0n) is 12.5. The smallest absolute Gasteiger partial charge is 0.234 e. The molecule has 3 aliphatic rings. The number of fused-ring (bicyclic) bond motifs is 1. The van der Waals surface area contributed by atoms with Gasteiger partial charge in [-0.1, -0.05) is 19.3 Å². The lowest BCUT2D eigenvalue weighted by Gasteiger charge is -2.32. The van der Waals surface area contributed by atoms with Crippen LogP contribution in [0.3, 0.4) is 0 Å². The maximum Gasteiger partial charge on any atom is 0.234 e. The molecule has 0 N–H and O–H groups in total. The molecule has 3 rings (SSSR count). The van der Waals surface area contributed by atoms with E-state index in [1.165, 1.54) is 32.1 Å². The highest BCUT2D eigenvalue weighted by molar-refractivity contribution is 5.32. The van der Waals surface area contributed by atoms with Gasteiger partial charge in [-0.25, -0.2) is 9.79 Å². The number of hydrogen-bond acceptors (Lipinski definition) is 5. The molecule has 5 nitrogen and oxygen atoms in total. The van der Waals surface area contributed by atoms with Gasteiger partial charge >= 0.3 is 0 Å². The first kappa shape index (κ1) is 15.2. The van der Waals surface area contributed by atoms with Crippen LogP contribution >= 0.6 is 0 Å². The van der Waals surface area contributed by atoms with E-state index in [0.29, 0.717) is 19.1 Å². The van der Waals surface area contributed by atoms with Crippen molar-refractivity contribution in [2.75, 3.05) is 19.8 Å². The molecular weight excluding hydrogens is 270 g/mol. The van der Waals surface area contributed by atoms with Gasteiger partial charge in [0.1, 0.15) is 12.2 Å². The van der Waals surface area contributed by atoms with Crippen LogP contribution in [-0.2, 0) is 19.0 Å². The largest absolute Gasteiger partial charge is 0.373 e. The van der Waals surface area contributed by atoms with Gasteiger partial charge in [0.15, 0.2) is 0 Å². The summed E-state index contributed by atoms with van der Waals surface area (Å²) in [5.74, 6) is 0.584. The third-order valence-electron chi connectivity index (χ3n) is 5.04. The van der Waals surface area contributed by atoms with E-state index in [1.807, 2.05) is 0 Å². The molecular formula is C16H25NO4. The Morgan fingerprint density at radius 2 is 2.05 bits per heavy atom. The van der Waals surface area contributed by atoms with E-state index in [1.54, 1.807) is 6.08 Å². The van der Waals surface area contributed by atoms with E-state index >= 15 is 0 Å². The van der Waals surface area contributed by atoms with Crippen LogP contribution < -0.4 is 0 Å². The third kappa shape index (κ3) is 3.72. The van der Waals surface area contributed by atoms with Crippen LogP contribution in [0.4, 0.5) is 0 Å². The second kappa shape index (κ2) is 7.50. The van der Waals surface area contributed by atoms with Gasteiger partial charge < -0.3 is 14.2 Å². The summed E-state index contributed by atoms with van der Waals surface area (Å²) in [7, 11) is 0. The number of rotatable bonds is 6. The highest BCUT2D eigenvalue weighted by Gasteiger charge is 2.44. The molecule has 2 heterocycles. The van der Waals surface area contributed by atoms with Gasteiger partial charge in [0.2, 0.25) is 6.08 Å². The quantitative estimate of drug-likeness (QED) is 0.557. The fourth-order valence-electron chi connectivity index (χ4n) is 3.93. The molecule has 0 spiro atoms. The minimum Gasteiger partial charge on any atom is -0.373 e. The van der Waals surface area contributed by atoms with Crippen LogP contribution in [0.1, 0.15) is 44.9 Å². The number of isocyanates is 1.